The van der Waals surface area contributed by atoms with Crippen LogP contribution in [0.1, 0.15) is 18.2 Å². The van der Waals surface area contributed by atoms with Crippen LogP contribution < -0.4 is 14.8 Å². The normalized spacial score (nSPS) is 23.1. The van der Waals surface area contributed by atoms with Crippen LogP contribution in [0.25, 0.3) is 11.0 Å². The summed E-state index contributed by atoms with van der Waals surface area (Å²) in [7, 11) is 0. The van der Waals surface area contributed by atoms with Gasteiger partial charge in [-0.25, -0.2) is 9.69 Å². The average molecular weight is 463 g/mol. The zero-order valence-electron chi connectivity index (χ0n) is 19.0. The van der Waals surface area contributed by atoms with Crippen molar-refractivity contribution in [3.63, 3.8) is 0 Å². The number of carbonyl (C=O) groups excluding carboxylic acids is 2. The molecule has 9 nitrogen and oxygen atoms in total. The minimum Gasteiger partial charge on any atom is -0.458 e. The van der Waals surface area contributed by atoms with Crippen LogP contribution >= 0.6 is 0 Å². The molecule has 4 heterocycles. The molecule has 0 aliphatic carbocycles. The SMILES string of the molecule is CC1(c2cc3ccccc3o2)NC(=O)N(CN2CCN(Cc3ccc4c(c3)OCO4)CC2)C1=O. The fraction of sp³-hybridized carbons (Fsp3) is 0.360. The van der Waals surface area contributed by atoms with Gasteiger partial charge in [-0.05, 0) is 36.8 Å². The number of nitrogens with zero attached hydrogens (tertiary/aromatic N) is 3. The van der Waals surface area contributed by atoms with Crippen molar-refractivity contribution < 1.29 is 23.5 Å². The topological polar surface area (TPSA) is 87.5 Å². The van der Waals surface area contributed by atoms with Gasteiger partial charge in [-0.15, -0.1) is 0 Å². The van der Waals surface area contributed by atoms with E-state index in [4.69, 9.17) is 13.9 Å². The largest absolute Gasteiger partial charge is 0.458 e. The number of furan rings is 1. The van der Waals surface area contributed by atoms with Gasteiger partial charge < -0.3 is 19.2 Å². The Labute approximate surface area is 196 Å². The molecule has 9 heteroatoms. The predicted octanol–water partition coefficient (Wildman–Crippen LogP) is 2.70. The van der Waals surface area contributed by atoms with Crippen LogP contribution in [-0.2, 0) is 16.9 Å². The van der Waals surface area contributed by atoms with Gasteiger partial charge in [0.2, 0.25) is 6.79 Å². The number of hydrogen-bond acceptors (Lipinski definition) is 7. The Morgan fingerprint density at radius 2 is 1.71 bits per heavy atom. The zero-order chi connectivity index (χ0) is 23.3. The van der Waals surface area contributed by atoms with Gasteiger partial charge in [0.15, 0.2) is 17.0 Å². The lowest BCUT2D eigenvalue weighted by Crippen LogP contribution is -2.51. The molecule has 1 N–H and O–H groups in total. The Bertz CT molecular complexity index is 1230. The van der Waals surface area contributed by atoms with Crippen molar-refractivity contribution in [1.82, 2.24) is 20.0 Å². The number of ether oxygens (including phenoxy) is 2. The molecule has 0 spiro atoms. The van der Waals surface area contributed by atoms with Crippen molar-refractivity contribution in [1.29, 1.82) is 0 Å². The fourth-order valence-electron chi connectivity index (χ4n) is 4.81. The van der Waals surface area contributed by atoms with Gasteiger partial charge in [0.05, 0.1) is 6.67 Å². The quantitative estimate of drug-likeness (QED) is 0.584. The van der Waals surface area contributed by atoms with Crippen molar-refractivity contribution in [2.24, 2.45) is 0 Å². The number of imide groups is 1. The summed E-state index contributed by atoms with van der Waals surface area (Å²) in [5, 5.41) is 3.74. The van der Waals surface area contributed by atoms with E-state index < -0.39 is 11.6 Å². The van der Waals surface area contributed by atoms with Crippen LogP contribution in [-0.4, -0.2) is 66.3 Å². The van der Waals surface area contributed by atoms with Crippen molar-refractivity contribution in [3.05, 3.63) is 59.9 Å². The molecule has 1 aromatic heterocycles. The van der Waals surface area contributed by atoms with Crippen LogP contribution in [0, 0.1) is 0 Å². The second kappa shape index (κ2) is 8.03. The third-order valence-electron chi connectivity index (χ3n) is 6.84. The van der Waals surface area contributed by atoms with Crippen LogP contribution in [0.2, 0.25) is 0 Å². The predicted molar refractivity (Wildman–Crippen MR) is 123 cm³/mol. The molecule has 0 radical (unpaired) electrons. The first-order chi connectivity index (χ1) is 16.5. The average Bonchev–Trinajstić information content (AvgIpc) is 3.54. The molecule has 2 fully saturated rings. The minimum atomic E-state index is -1.21. The summed E-state index contributed by atoms with van der Waals surface area (Å²) in [6, 6.07) is 15.0. The molecular formula is C25H26N4O5. The third kappa shape index (κ3) is 3.57. The van der Waals surface area contributed by atoms with Crippen molar-refractivity contribution >= 4 is 22.9 Å². The molecule has 2 aromatic carbocycles. The molecule has 34 heavy (non-hydrogen) atoms. The Balaban J connectivity index is 1.08. The van der Waals surface area contributed by atoms with Crippen molar-refractivity contribution in [3.8, 4) is 11.5 Å². The van der Waals surface area contributed by atoms with E-state index in [0.717, 1.165) is 49.6 Å². The number of hydrogen-bond donors (Lipinski definition) is 1. The first kappa shape index (κ1) is 21.0. The smallest absolute Gasteiger partial charge is 0.326 e. The first-order valence-corrected chi connectivity index (χ1v) is 11.5. The Hall–Kier alpha value is -3.56. The van der Waals surface area contributed by atoms with E-state index in [1.54, 1.807) is 6.92 Å². The molecule has 1 atom stereocenters. The number of para-hydroxylation sites is 1. The minimum absolute atomic E-state index is 0.262. The molecular weight excluding hydrogens is 436 g/mol. The van der Waals surface area contributed by atoms with Crippen molar-refractivity contribution in [2.75, 3.05) is 39.6 Å². The van der Waals surface area contributed by atoms with Gasteiger partial charge in [0.1, 0.15) is 11.3 Å². The number of benzene rings is 2. The van der Waals surface area contributed by atoms with Gasteiger partial charge in [0.25, 0.3) is 5.91 Å². The summed E-state index contributed by atoms with van der Waals surface area (Å²) in [5.41, 5.74) is 0.656. The van der Waals surface area contributed by atoms with E-state index in [1.807, 2.05) is 42.5 Å². The van der Waals surface area contributed by atoms with Gasteiger partial charge in [-0.3, -0.25) is 14.6 Å². The number of nitrogens with one attached hydrogen (secondary N) is 1. The van der Waals surface area contributed by atoms with Crippen LogP contribution in [0.4, 0.5) is 4.79 Å². The van der Waals surface area contributed by atoms with E-state index in [0.29, 0.717) is 11.3 Å². The second-order valence-corrected chi connectivity index (χ2v) is 9.16. The standard InChI is InChI=1S/C25H26N4O5/c1-25(22-13-18-4-2-3-5-19(18)34-22)23(30)29(24(31)26-25)15-28-10-8-27(9-11-28)14-17-6-7-20-21(12-17)33-16-32-20/h2-7,12-13H,8-11,14-16H2,1H3,(H,26,31). The molecule has 0 bridgehead atoms. The van der Waals surface area contributed by atoms with Crippen LogP contribution in [0.3, 0.4) is 0 Å². The number of urea groups is 1. The Morgan fingerprint density at radius 3 is 2.53 bits per heavy atom. The number of carbonyl (C=O) groups is 2. The highest BCUT2D eigenvalue weighted by Gasteiger charge is 2.51. The highest BCUT2D eigenvalue weighted by atomic mass is 16.7. The lowest BCUT2D eigenvalue weighted by Gasteiger charge is -2.36. The maximum absolute atomic E-state index is 13.3. The third-order valence-corrected chi connectivity index (χ3v) is 6.84. The lowest BCUT2D eigenvalue weighted by molar-refractivity contribution is -0.133. The summed E-state index contributed by atoms with van der Waals surface area (Å²) in [6.07, 6.45) is 0. The summed E-state index contributed by atoms with van der Waals surface area (Å²) in [4.78, 5) is 31.9. The molecule has 2 saturated heterocycles. The zero-order valence-corrected chi connectivity index (χ0v) is 19.0. The molecule has 6 rings (SSSR count). The molecule has 3 aliphatic rings. The van der Waals surface area contributed by atoms with E-state index in [9.17, 15) is 9.59 Å². The van der Waals surface area contributed by atoms with Gasteiger partial charge in [-0.2, -0.15) is 0 Å². The highest BCUT2D eigenvalue weighted by Crippen LogP contribution is 2.34. The van der Waals surface area contributed by atoms with Crippen LogP contribution in [0.5, 0.6) is 11.5 Å². The van der Waals surface area contributed by atoms with E-state index >= 15 is 0 Å². The molecule has 3 amide bonds. The molecule has 1 unspecified atom stereocenters. The van der Waals surface area contributed by atoms with Gasteiger partial charge >= 0.3 is 6.03 Å². The summed E-state index contributed by atoms with van der Waals surface area (Å²) < 4.78 is 16.8. The number of fused-ring (bicyclic) bond motifs is 2. The number of rotatable bonds is 5. The molecule has 0 saturated carbocycles. The number of piperazine rings is 1. The Kier molecular flexibility index (Phi) is 4.96. The number of amides is 3. The maximum atomic E-state index is 13.3. The molecule has 176 valence electrons. The van der Waals surface area contributed by atoms with Crippen LogP contribution in [0.15, 0.2) is 52.9 Å². The molecule has 3 aromatic rings. The van der Waals surface area contributed by atoms with E-state index in [2.05, 4.69) is 21.2 Å². The van der Waals surface area contributed by atoms with Crippen molar-refractivity contribution in [2.45, 2.75) is 19.0 Å². The highest BCUT2D eigenvalue weighted by molar-refractivity contribution is 6.07. The second-order valence-electron chi connectivity index (χ2n) is 9.16. The fourth-order valence-corrected chi connectivity index (χ4v) is 4.81. The monoisotopic (exact) mass is 462 g/mol. The van der Waals surface area contributed by atoms with Gasteiger partial charge in [0, 0.05) is 38.1 Å². The summed E-state index contributed by atoms with van der Waals surface area (Å²) >= 11 is 0. The first-order valence-electron chi connectivity index (χ1n) is 11.5. The Morgan fingerprint density at radius 1 is 0.941 bits per heavy atom. The summed E-state index contributed by atoms with van der Waals surface area (Å²) in [6.45, 7) is 6.28. The maximum Gasteiger partial charge on any atom is 0.326 e. The lowest BCUT2D eigenvalue weighted by atomic mass is 9.99. The van der Waals surface area contributed by atoms with E-state index in [-0.39, 0.29) is 19.4 Å². The van der Waals surface area contributed by atoms with E-state index in [1.165, 1.54) is 10.5 Å². The van der Waals surface area contributed by atoms with Gasteiger partial charge in [-0.1, -0.05) is 24.3 Å². The molecule has 3 aliphatic heterocycles. The summed E-state index contributed by atoms with van der Waals surface area (Å²) in [5.74, 6) is 1.74.